The van der Waals surface area contributed by atoms with Crippen molar-refractivity contribution < 1.29 is 8.42 Å². The van der Waals surface area contributed by atoms with Crippen molar-refractivity contribution in [3.8, 4) is 0 Å². The van der Waals surface area contributed by atoms with Crippen molar-refractivity contribution in [2.75, 3.05) is 32.4 Å². The van der Waals surface area contributed by atoms with Gasteiger partial charge >= 0.3 is 0 Å². The zero-order chi connectivity index (χ0) is 19.1. The van der Waals surface area contributed by atoms with Crippen LogP contribution in [0.1, 0.15) is 60.3 Å². The van der Waals surface area contributed by atoms with Gasteiger partial charge in [-0.15, -0.1) is 0 Å². The minimum atomic E-state index is -3.05. The Morgan fingerprint density at radius 1 is 1.28 bits per heavy atom. The second-order valence-corrected chi connectivity index (χ2v) is 10.5. The number of aliphatic imine (C=N–C) groups is 1. The van der Waals surface area contributed by atoms with E-state index in [9.17, 15) is 8.42 Å². The fraction of sp³-hybridized carbons (Fsp3) is 0.944. The molecular formula is C18H38N4O2S. The fourth-order valence-electron chi connectivity index (χ4n) is 2.92. The average Bonchev–Trinajstić information content (AvgIpc) is 2.50. The van der Waals surface area contributed by atoms with Gasteiger partial charge in [0.1, 0.15) is 0 Å². The molecule has 1 rings (SSSR count). The predicted molar refractivity (Wildman–Crippen MR) is 106 cm³/mol. The fourth-order valence-corrected chi connectivity index (χ4v) is 3.79. The maximum atomic E-state index is 11.6. The Bertz CT molecular complexity index is 518. The number of hydrogen-bond donors (Lipinski definition) is 2. The first-order valence-corrected chi connectivity index (χ1v) is 11.4. The average molecular weight is 375 g/mol. The third-order valence-electron chi connectivity index (χ3n) is 4.60. The van der Waals surface area contributed by atoms with Gasteiger partial charge in [0.15, 0.2) is 5.96 Å². The topological polar surface area (TPSA) is 73.8 Å². The largest absolute Gasteiger partial charge is 0.357 e. The van der Waals surface area contributed by atoms with E-state index in [-0.39, 0.29) is 0 Å². The normalized spacial score (nSPS) is 19.7. The lowest BCUT2D eigenvalue weighted by molar-refractivity contribution is 0.280. The summed E-state index contributed by atoms with van der Waals surface area (Å²) in [6.45, 7) is 13.9. The Morgan fingerprint density at radius 2 is 1.88 bits per heavy atom. The van der Waals surface area contributed by atoms with Gasteiger partial charge in [0.2, 0.25) is 10.0 Å². The van der Waals surface area contributed by atoms with E-state index in [4.69, 9.17) is 4.99 Å². The van der Waals surface area contributed by atoms with Crippen LogP contribution in [0.25, 0.3) is 0 Å². The van der Waals surface area contributed by atoms with Crippen molar-refractivity contribution in [2.45, 2.75) is 66.3 Å². The van der Waals surface area contributed by atoms with Crippen LogP contribution < -0.4 is 10.6 Å². The molecule has 0 aromatic carbocycles. The third-order valence-corrected chi connectivity index (χ3v) is 5.91. The van der Waals surface area contributed by atoms with Crippen molar-refractivity contribution in [3.63, 3.8) is 0 Å². The maximum absolute atomic E-state index is 11.6. The quantitative estimate of drug-likeness (QED) is 0.530. The van der Waals surface area contributed by atoms with Gasteiger partial charge < -0.3 is 10.6 Å². The summed E-state index contributed by atoms with van der Waals surface area (Å²) in [6, 6.07) is 0.379. The molecule has 25 heavy (non-hydrogen) atoms. The molecule has 0 spiro atoms. The van der Waals surface area contributed by atoms with Crippen LogP contribution >= 0.6 is 0 Å². The van der Waals surface area contributed by atoms with Gasteiger partial charge in [-0.25, -0.2) is 12.7 Å². The van der Waals surface area contributed by atoms with Crippen LogP contribution in [0.5, 0.6) is 0 Å². The Labute approximate surface area is 154 Å². The van der Waals surface area contributed by atoms with Gasteiger partial charge in [0.05, 0.1) is 6.26 Å². The van der Waals surface area contributed by atoms with Gasteiger partial charge in [-0.1, -0.05) is 20.8 Å². The van der Waals surface area contributed by atoms with Crippen molar-refractivity contribution in [1.29, 1.82) is 0 Å². The molecule has 0 bridgehead atoms. The highest BCUT2D eigenvalue weighted by Gasteiger charge is 2.24. The molecule has 1 aliphatic rings. The van der Waals surface area contributed by atoms with Crippen LogP contribution in [0.4, 0.5) is 0 Å². The monoisotopic (exact) mass is 374 g/mol. The number of nitrogens with one attached hydrogen (secondary N) is 2. The lowest BCUT2D eigenvalue weighted by atomic mass is 9.89. The van der Waals surface area contributed by atoms with Crippen molar-refractivity contribution in [3.05, 3.63) is 0 Å². The number of rotatable bonds is 7. The van der Waals surface area contributed by atoms with E-state index in [0.717, 1.165) is 38.3 Å². The minimum absolute atomic E-state index is 0.346. The molecule has 0 saturated carbocycles. The third kappa shape index (κ3) is 9.45. The Balaban J connectivity index is 2.48. The lowest BCUT2D eigenvalue weighted by Crippen LogP contribution is -2.43. The Kier molecular flexibility index (Phi) is 8.68. The van der Waals surface area contributed by atoms with E-state index >= 15 is 0 Å². The Hall–Kier alpha value is -0.820. The number of guanidine groups is 1. The van der Waals surface area contributed by atoms with Gasteiger partial charge in [-0.2, -0.15) is 0 Å². The molecular weight excluding hydrogens is 336 g/mol. The molecule has 0 aromatic rings. The van der Waals surface area contributed by atoms with Crippen LogP contribution in [-0.2, 0) is 10.0 Å². The van der Waals surface area contributed by atoms with Crippen LogP contribution in [-0.4, -0.2) is 57.2 Å². The van der Waals surface area contributed by atoms with Gasteiger partial charge in [-0.05, 0) is 50.9 Å². The zero-order valence-electron chi connectivity index (χ0n) is 16.9. The van der Waals surface area contributed by atoms with Crippen LogP contribution in [0.3, 0.4) is 0 Å². The molecule has 148 valence electrons. The highest BCUT2D eigenvalue weighted by Crippen LogP contribution is 2.21. The molecule has 0 aliphatic carbocycles. The molecule has 1 unspecified atom stereocenters. The number of piperidine rings is 1. The van der Waals surface area contributed by atoms with E-state index in [2.05, 4.69) is 45.3 Å². The predicted octanol–water partition coefficient (Wildman–Crippen LogP) is 2.43. The highest BCUT2D eigenvalue weighted by atomic mass is 32.2. The molecule has 1 saturated heterocycles. The summed E-state index contributed by atoms with van der Waals surface area (Å²) in [5.74, 6) is 1.33. The van der Waals surface area contributed by atoms with E-state index < -0.39 is 10.0 Å². The molecule has 0 amide bonds. The van der Waals surface area contributed by atoms with Crippen molar-refractivity contribution >= 4 is 16.0 Å². The first kappa shape index (κ1) is 22.2. The molecule has 0 aromatic heterocycles. The minimum Gasteiger partial charge on any atom is -0.357 e. The van der Waals surface area contributed by atoms with Crippen LogP contribution in [0.15, 0.2) is 4.99 Å². The van der Waals surface area contributed by atoms with Crippen molar-refractivity contribution in [1.82, 2.24) is 14.9 Å². The summed E-state index contributed by atoms with van der Waals surface area (Å²) in [7, 11) is -3.05. The summed E-state index contributed by atoms with van der Waals surface area (Å²) in [5, 5.41) is 6.81. The van der Waals surface area contributed by atoms with Crippen molar-refractivity contribution in [2.24, 2.45) is 16.3 Å². The van der Waals surface area contributed by atoms with Gasteiger partial charge in [-0.3, -0.25) is 4.99 Å². The number of hydrogen-bond acceptors (Lipinski definition) is 3. The molecule has 1 fully saturated rings. The van der Waals surface area contributed by atoms with Gasteiger partial charge in [0.25, 0.3) is 0 Å². The molecule has 1 heterocycles. The molecule has 7 heteroatoms. The van der Waals surface area contributed by atoms with E-state index in [1.807, 2.05) is 0 Å². The molecule has 6 nitrogen and oxygen atoms in total. The van der Waals surface area contributed by atoms with E-state index in [1.54, 1.807) is 4.31 Å². The standard InChI is InChI=1S/C18H38N4O2S/c1-7-19-17(21-15(2)8-11-18(3,4)5)20-14-16-9-12-22(13-10-16)25(6,23)24/h15-16H,7-14H2,1-6H3,(H2,19,20,21). The second-order valence-electron chi connectivity index (χ2n) is 8.47. The molecule has 1 aliphatic heterocycles. The van der Waals surface area contributed by atoms with Crippen LogP contribution in [0.2, 0.25) is 0 Å². The van der Waals surface area contributed by atoms with Gasteiger partial charge in [0, 0.05) is 32.2 Å². The molecule has 1 atom stereocenters. The Morgan fingerprint density at radius 3 is 2.36 bits per heavy atom. The molecule has 2 N–H and O–H groups in total. The number of nitrogens with zero attached hydrogens (tertiary/aromatic N) is 2. The first-order chi connectivity index (χ1) is 11.5. The second kappa shape index (κ2) is 9.76. The highest BCUT2D eigenvalue weighted by molar-refractivity contribution is 7.88. The summed E-state index contributed by atoms with van der Waals surface area (Å²) in [5.41, 5.74) is 0.346. The zero-order valence-corrected chi connectivity index (χ0v) is 17.7. The smallest absolute Gasteiger partial charge is 0.211 e. The summed E-state index contributed by atoms with van der Waals surface area (Å²) in [6.07, 6.45) is 5.34. The molecule has 0 radical (unpaired) electrons. The summed E-state index contributed by atoms with van der Waals surface area (Å²) in [4.78, 5) is 4.74. The van der Waals surface area contributed by atoms with E-state index in [1.165, 1.54) is 12.7 Å². The maximum Gasteiger partial charge on any atom is 0.211 e. The SMILES string of the molecule is CCNC(=NCC1CCN(S(C)(=O)=O)CC1)NC(C)CCC(C)(C)C. The lowest BCUT2D eigenvalue weighted by Gasteiger charge is -2.29. The summed E-state index contributed by atoms with van der Waals surface area (Å²) < 4.78 is 24.7. The summed E-state index contributed by atoms with van der Waals surface area (Å²) >= 11 is 0. The number of sulfonamides is 1. The van der Waals surface area contributed by atoms with E-state index in [0.29, 0.717) is 30.5 Å². The van der Waals surface area contributed by atoms with Crippen LogP contribution in [0, 0.1) is 11.3 Å². The first-order valence-electron chi connectivity index (χ1n) is 9.51.